The normalized spacial score (nSPS) is 12.2. The molecule has 4 nitrogen and oxygen atoms in total. The Morgan fingerprint density at radius 3 is 2.23 bits per heavy atom. The maximum absolute atomic E-state index is 13.3. The second-order valence-electron chi connectivity index (χ2n) is 6.40. The SMILES string of the molecule is Cn1nc(C(F)(F)F)cc1-c1nc2cc(-c3ccccc3C(F)(F)F)ccc2[nH]1.[Na]. The number of rotatable bonds is 2. The van der Waals surface area contributed by atoms with E-state index in [2.05, 4.69) is 15.1 Å². The van der Waals surface area contributed by atoms with E-state index in [9.17, 15) is 26.3 Å². The molecule has 2 aromatic carbocycles. The Morgan fingerprint density at radius 1 is 0.900 bits per heavy atom. The van der Waals surface area contributed by atoms with Gasteiger partial charge in [0.15, 0.2) is 11.5 Å². The number of nitrogens with one attached hydrogen (secondary N) is 1. The first-order valence-corrected chi connectivity index (χ1v) is 8.32. The van der Waals surface area contributed by atoms with Crippen molar-refractivity contribution < 1.29 is 26.3 Å². The van der Waals surface area contributed by atoms with Crippen LogP contribution in [-0.2, 0) is 19.4 Å². The average molecular weight is 433 g/mol. The second-order valence-corrected chi connectivity index (χ2v) is 6.40. The van der Waals surface area contributed by atoms with E-state index in [1.165, 1.54) is 43.4 Å². The van der Waals surface area contributed by atoms with Gasteiger partial charge in [-0.1, -0.05) is 24.3 Å². The molecule has 0 bridgehead atoms. The monoisotopic (exact) mass is 433 g/mol. The minimum absolute atomic E-state index is 0. The Labute approximate surface area is 188 Å². The number of hydrogen-bond donors (Lipinski definition) is 1. The summed E-state index contributed by atoms with van der Waals surface area (Å²) < 4.78 is 79.6. The van der Waals surface area contributed by atoms with Crippen molar-refractivity contribution in [2.75, 3.05) is 0 Å². The molecule has 2 heterocycles. The summed E-state index contributed by atoms with van der Waals surface area (Å²) in [5.41, 5.74) is -0.652. The average Bonchev–Trinajstić information content (AvgIpc) is 3.23. The third-order valence-corrected chi connectivity index (χ3v) is 4.44. The van der Waals surface area contributed by atoms with Gasteiger partial charge in [-0.25, -0.2) is 4.98 Å². The Balaban J connectivity index is 0.00000256. The molecule has 0 aliphatic heterocycles. The molecule has 1 N–H and O–H groups in total. The van der Waals surface area contributed by atoms with Gasteiger partial charge >= 0.3 is 12.4 Å². The summed E-state index contributed by atoms with van der Waals surface area (Å²) in [4.78, 5) is 7.13. The van der Waals surface area contributed by atoms with E-state index >= 15 is 0 Å². The van der Waals surface area contributed by atoms with Crippen molar-refractivity contribution in [3.63, 3.8) is 0 Å². The molecule has 11 heteroatoms. The fourth-order valence-electron chi connectivity index (χ4n) is 3.10. The zero-order valence-corrected chi connectivity index (χ0v) is 17.7. The van der Waals surface area contributed by atoms with E-state index in [0.29, 0.717) is 16.6 Å². The van der Waals surface area contributed by atoms with Gasteiger partial charge in [-0.3, -0.25) is 4.68 Å². The molecule has 0 unspecified atom stereocenters. The van der Waals surface area contributed by atoms with Crippen LogP contribution in [0.4, 0.5) is 26.3 Å². The summed E-state index contributed by atoms with van der Waals surface area (Å²) >= 11 is 0. The molecule has 4 aromatic rings. The summed E-state index contributed by atoms with van der Waals surface area (Å²) in [6, 6.07) is 10.5. The summed E-state index contributed by atoms with van der Waals surface area (Å²) in [6.07, 6.45) is -9.12. The van der Waals surface area contributed by atoms with Crippen molar-refractivity contribution in [3.8, 4) is 22.6 Å². The summed E-state index contributed by atoms with van der Waals surface area (Å²) in [5.74, 6) is 0.131. The molecule has 0 spiro atoms. The second kappa shape index (κ2) is 7.75. The maximum Gasteiger partial charge on any atom is 0.435 e. The number of aromatic amines is 1. The smallest absolute Gasteiger partial charge is 0.337 e. The van der Waals surface area contributed by atoms with Gasteiger partial charge in [0.25, 0.3) is 0 Å². The molecule has 1 radical (unpaired) electrons. The van der Waals surface area contributed by atoms with E-state index in [4.69, 9.17) is 0 Å². The largest absolute Gasteiger partial charge is 0.435 e. The topological polar surface area (TPSA) is 46.5 Å². The van der Waals surface area contributed by atoms with Crippen LogP contribution in [0.15, 0.2) is 48.5 Å². The van der Waals surface area contributed by atoms with Gasteiger partial charge in [-0.2, -0.15) is 31.4 Å². The molecule has 30 heavy (non-hydrogen) atoms. The number of halogens is 6. The molecular weight excluding hydrogens is 421 g/mol. The fourth-order valence-corrected chi connectivity index (χ4v) is 3.10. The number of aromatic nitrogens is 4. The maximum atomic E-state index is 13.3. The zero-order valence-electron chi connectivity index (χ0n) is 15.7. The number of hydrogen-bond acceptors (Lipinski definition) is 2. The van der Waals surface area contributed by atoms with Crippen LogP contribution in [0.25, 0.3) is 33.7 Å². The Morgan fingerprint density at radius 2 is 1.60 bits per heavy atom. The van der Waals surface area contributed by atoms with Gasteiger partial charge in [0, 0.05) is 36.6 Å². The fraction of sp³-hybridized carbons (Fsp3) is 0.158. The number of imidazole rings is 1. The molecule has 0 aliphatic carbocycles. The van der Waals surface area contributed by atoms with E-state index in [1.54, 1.807) is 0 Å². The van der Waals surface area contributed by atoms with Crippen LogP contribution in [-0.4, -0.2) is 49.3 Å². The van der Waals surface area contributed by atoms with E-state index in [0.717, 1.165) is 16.8 Å². The van der Waals surface area contributed by atoms with Gasteiger partial charge in [0.2, 0.25) is 0 Å². The summed E-state index contributed by atoms with van der Waals surface area (Å²) in [5, 5.41) is 3.44. The number of fused-ring (bicyclic) bond motifs is 1. The first kappa shape index (κ1) is 22.4. The van der Waals surface area contributed by atoms with Gasteiger partial charge in [0.1, 0.15) is 5.69 Å². The summed E-state index contributed by atoms with van der Waals surface area (Å²) in [6.45, 7) is 0. The van der Waals surface area contributed by atoms with E-state index in [-0.39, 0.29) is 46.6 Å². The quantitative estimate of drug-likeness (QED) is 0.345. The molecule has 2 aromatic heterocycles. The predicted octanol–water partition coefficient (Wildman–Crippen LogP) is 5.29. The molecule has 0 aliphatic rings. The van der Waals surface area contributed by atoms with Crippen LogP contribution in [0.3, 0.4) is 0 Å². The van der Waals surface area contributed by atoms with E-state index in [1.807, 2.05) is 0 Å². The Kier molecular flexibility index (Phi) is 5.78. The van der Waals surface area contributed by atoms with Crippen molar-refractivity contribution >= 4 is 40.6 Å². The standard InChI is InChI=1S/C19H12F6N4.Na/c1-29-15(9-16(28-29)19(23,24)25)17-26-13-7-6-10(8-14(13)27-17)11-4-2-3-5-12(11)18(20,21)22;/h2-9H,1H3,(H,26,27);. The van der Waals surface area contributed by atoms with Crippen molar-refractivity contribution in [1.82, 2.24) is 19.7 Å². The number of aryl methyl sites for hydroxylation is 1. The molecular formula is C19H12F6N4Na. The van der Waals surface area contributed by atoms with Crippen LogP contribution in [0.5, 0.6) is 0 Å². The van der Waals surface area contributed by atoms with Crippen molar-refractivity contribution in [1.29, 1.82) is 0 Å². The molecule has 0 fully saturated rings. The minimum atomic E-state index is -4.60. The van der Waals surface area contributed by atoms with Crippen LogP contribution in [0, 0.1) is 0 Å². The summed E-state index contributed by atoms with van der Waals surface area (Å²) in [7, 11) is 1.35. The van der Waals surface area contributed by atoms with Crippen LogP contribution in [0.1, 0.15) is 11.3 Å². The Bertz CT molecular complexity index is 1210. The van der Waals surface area contributed by atoms with Gasteiger partial charge < -0.3 is 4.98 Å². The Hall–Kier alpha value is -2.30. The zero-order chi connectivity index (χ0) is 21.0. The molecule has 0 amide bonds. The first-order valence-electron chi connectivity index (χ1n) is 8.32. The van der Waals surface area contributed by atoms with Crippen LogP contribution < -0.4 is 0 Å². The number of H-pyrrole nitrogens is 1. The van der Waals surface area contributed by atoms with E-state index < -0.39 is 23.6 Å². The van der Waals surface area contributed by atoms with Gasteiger partial charge in [-0.05, 0) is 35.4 Å². The van der Waals surface area contributed by atoms with Crippen molar-refractivity contribution in [2.24, 2.45) is 7.05 Å². The molecule has 151 valence electrons. The third-order valence-electron chi connectivity index (χ3n) is 4.44. The van der Waals surface area contributed by atoms with Crippen LogP contribution >= 0.6 is 0 Å². The molecule has 0 saturated heterocycles. The predicted molar refractivity (Wildman–Crippen MR) is 99.5 cm³/mol. The number of alkyl halides is 6. The first-order chi connectivity index (χ1) is 13.5. The number of benzene rings is 2. The van der Waals surface area contributed by atoms with Crippen molar-refractivity contribution in [2.45, 2.75) is 12.4 Å². The third kappa shape index (κ3) is 4.12. The molecule has 0 saturated carbocycles. The minimum Gasteiger partial charge on any atom is -0.337 e. The molecule has 0 atom stereocenters. The van der Waals surface area contributed by atoms with Crippen LogP contribution in [0.2, 0.25) is 0 Å². The van der Waals surface area contributed by atoms with Gasteiger partial charge in [-0.15, -0.1) is 0 Å². The molecule has 4 rings (SSSR count). The van der Waals surface area contributed by atoms with Gasteiger partial charge in [0.05, 0.1) is 16.6 Å². The number of nitrogens with zero attached hydrogens (tertiary/aromatic N) is 3. The van der Waals surface area contributed by atoms with Crippen molar-refractivity contribution in [3.05, 3.63) is 59.8 Å².